The van der Waals surface area contributed by atoms with Crippen molar-refractivity contribution in [1.29, 1.82) is 0 Å². The normalized spacial score (nSPS) is 15.0. The Morgan fingerprint density at radius 3 is 2.46 bits per heavy atom. The fourth-order valence-electron chi connectivity index (χ4n) is 2.82. The minimum Gasteiger partial charge on any atom is -0.369 e. The predicted octanol–water partition coefficient (Wildman–Crippen LogP) is 4.34. The van der Waals surface area contributed by atoms with Crippen molar-refractivity contribution < 1.29 is 0 Å². The van der Waals surface area contributed by atoms with Gasteiger partial charge in [-0.15, -0.1) is 0 Å². The van der Waals surface area contributed by atoms with E-state index in [1.165, 1.54) is 11.3 Å². The molecule has 0 bridgehead atoms. The first-order valence-electron chi connectivity index (χ1n) is 8.53. The van der Waals surface area contributed by atoms with Crippen LogP contribution in [0.5, 0.6) is 0 Å². The molecule has 1 aliphatic heterocycles. The Kier molecular flexibility index (Phi) is 6.75. The lowest BCUT2D eigenvalue weighted by Crippen LogP contribution is -2.44. The Balaban J connectivity index is 1.49. The number of thiocarbonyl (C=S) groups is 1. The summed E-state index contributed by atoms with van der Waals surface area (Å²) < 4.78 is 0.865. The number of hydrogen-bond acceptors (Lipinski definition) is 3. The third kappa shape index (κ3) is 5.33. The summed E-state index contributed by atoms with van der Waals surface area (Å²) in [7, 11) is 2.17. The van der Waals surface area contributed by atoms with E-state index in [2.05, 4.69) is 67.7 Å². The van der Waals surface area contributed by atoms with E-state index < -0.39 is 0 Å². The number of rotatable bonds is 4. The first kappa shape index (κ1) is 19.4. The SMILES string of the molecule is CN1CCN(c2ccc(CNC(=S)Nc3ccc(Br)c(Cl)c3)cc2)CC1. The molecule has 0 aliphatic carbocycles. The molecule has 0 amide bonds. The third-order valence-electron chi connectivity index (χ3n) is 4.44. The second-order valence-corrected chi connectivity index (χ2v) is 8.06. The summed E-state index contributed by atoms with van der Waals surface area (Å²) in [4.78, 5) is 4.79. The molecule has 0 saturated carbocycles. The van der Waals surface area contributed by atoms with Gasteiger partial charge in [0.1, 0.15) is 0 Å². The summed E-state index contributed by atoms with van der Waals surface area (Å²) in [5.41, 5.74) is 3.34. The molecule has 0 spiro atoms. The summed E-state index contributed by atoms with van der Waals surface area (Å²) in [5.74, 6) is 0. The van der Waals surface area contributed by atoms with Gasteiger partial charge in [0.05, 0.1) is 5.02 Å². The molecule has 3 rings (SSSR count). The smallest absolute Gasteiger partial charge is 0.171 e. The molecule has 2 N–H and O–H groups in total. The maximum absolute atomic E-state index is 6.10. The molecule has 1 saturated heterocycles. The van der Waals surface area contributed by atoms with Gasteiger partial charge in [-0.2, -0.15) is 0 Å². The molecule has 0 atom stereocenters. The predicted molar refractivity (Wildman–Crippen MR) is 118 cm³/mol. The van der Waals surface area contributed by atoms with E-state index in [-0.39, 0.29) is 0 Å². The molecule has 2 aromatic carbocycles. The summed E-state index contributed by atoms with van der Waals surface area (Å²) in [6.07, 6.45) is 0. The van der Waals surface area contributed by atoms with E-state index in [4.69, 9.17) is 23.8 Å². The molecule has 1 fully saturated rings. The van der Waals surface area contributed by atoms with Gasteiger partial charge in [-0.1, -0.05) is 23.7 Å². The van der Waals surface area contributed by atoms with E-state index in [0.29, 0.717) is 16.7 Å². The largest absolute Gasteiger partial charge is 0.369 e. The van der Waals surface area contributed by atoms with Crippen LogP contribution in [0.3, 0.4) is 0 Å². The Morgan fingerprint density at radius 2 is 1.81 bits per heavy atom. The van der Waals surface area contributed by atoms with Crippen molar-refractivity contribution in [2.45, 2.75) is 6.54 Å². The highest BCUT2D eigenvalue weighted by molar-refractivity contribution is 9.10. The van der Waals surface area contributed by atoms with Crippen LogP contribution < -0.4 is 15.5 Å². The summed E-state index contributed by atoms with van der Waals surface area (Å²) in [5, 5.41) is 7.61. The van der Waals surface area contributed by atoms with Gasteiger partial charge in [0.15, 0.2) is 5.11 Å². The zero-order valence-electron chi connectivity index (χ0n) is 14.6. The Hall–Kier alpha value is -1.34. The highest BCUT2D eigenvalue weighted by atomic mass is 79.9. The maximum Gasteiger partial charge on any atom is 0.171 e. The minimum absolute atomic E-state index is 0.575. The molecule has 138 valence electrons. The van der Waals surface area contributed by atoms with Crippen molar-refractivity contribution in [3.63, 3.8) is 0 Å². The van der Waals surface area contributed by atoms with Gasteiger partial charge in [-0.05, 0) is 71.1 Å². The summed E-state index contributed by atoms with van der Waals surface area (Å²) in [6, 6.07) is 14.3. The van der Waals surface area contributed by atoms with E-state index in [0.717, 1.165) is 36.3 Å². The van der Waals surface area contributed by atoms with Crippen LogP contribution in [0.2, 0.25) is 5.02 Å². The molecule has 7 heteroatoms. The van der Waals surface area contributed by atoms with E-state index in [1.807, 2.05) is 18.2 Å². The number of piperazine rings is 1. The van der Waals surface area contributed by atoms with Crippen molar-refractivity contribution >= 4 is 56.2 Å². The number of benzene rings is 2. The Morgan fingerprint density at radius 1 is 1.12 bits per heavy atom. The van der Waals surface area contributed by atoms with Gasteiger partial charge >= 0.3 is 0 Å². The fraction of sp³-hybridized carbons (Fsp3) is 0.316. The molecule has 1 heterocycles. The average Bonchev–Trinajstić information content (AvgIpc) is 2.64. The molecule has 1 aliphatic rings. The van der Waals surface area contributed by atoms with Crippen LogP contribution in [-0.2, 0) is 6.54 Å². The number of anilines is 2. The van der Waals surface area contributed by atoms with Crippen LogP contribution in [0.25, 0.3) is 0 Å². The van der Waals surface area contributed by atoms with Crippen LogP contribution in [0, 0.1) is 0 Å². The van der Waals surface area contributed by atoms with Gasteiger partial charge < -0.3 is 20.4 Å². The number of halogens is 2. The molecular formula is C19H22BrClN4S. The van der Waals surface area contributed by atoms with Gasteiger partial charge in [-0.25, -0.2) is 0 Å². The zero-order valence-corrected chi connectivity index (χ0v) is 17.8. The molecule has 26 heavy (non-hydrogen) atoms. The molecule has 0 radical (unpaired) electrons. The first-order chi connectivity index (χ1) is 12.5. The molecule has 2 aromatic rings. The monoisotopic (exact) mass is 452 g/mol. The average molecular weight is 454 g/mol. The molecule has 0 unspecified atom stereocenters. The second kappa shape index (κ2) is 9.04. The van der Waals surface area contributed by atoms with Crippen LogP contribution in [0.4, 0.5) is 11.4 Å². The highest BCUT2D eigenvalue weighted by Gasteiger charge is 2.13. The lowest BCUT2D eigenvalue weighted by Gasteiger charge is -2.34. The topological polar surface area (TPSA) is 30.5 Å². The highest BCUT2D eigenvalue weighted by Crippen LogP contribution is 2.25. The van der Waals surface area contributed by atoms with Crippen molar-refractivity contribution in [1.82, 2.24) is 10.2 Å². The maximum atomic E-state index is 6.10. The number of likely N-dealkylation sites (N-methyl/N-ethyl adjacent to an activating group) is 1. The van der Waals surface area contributed by atoms with Crippen molar-refractivity contribution in [3.8, 4) is 0 Å². The van der Waals surface area contributed by atoms with Crippen molar-refractivity contribution in [2.24, 2.45) is 0 Å². The van der Waals surface area contributed by atoms with Gasteiger partial charge in [0.25, 0.3) is 0 Å². The van der Waals surface area contributed by atoms with Gasteiger partial charge in [0.2, 0.25) is 0 Å². The van der Waals surface area contributed by atoms with Crippen LogP contribution >= 0.6 is 39.7 Å². The molecule has 0 aromatic heterocycles. The lowest BCUT2D eigenvalue weighted by molar-refractivity contribution is 0.313. The summed E-state index contributed by atoms with van der Waals surface area (Å²) in [6.45, 7) is 5.07. The van der Waals surface area contributed by atoms with Crippen molar-refractivity contribution in [3.05, 3.63) is 57.5 Å². The van der Waals surface area contributed by atoms with Gasteiger partial charge in [-0.3, -0.25) is 0 Å². The first-order valence-corrected chi connectivity index (χ1v) is 10.1. The Labute approximate surface area is 173 Å². The number of nitrogens with zero attached hydrogens (tertiary/aromatic N) is 2. The van der Waals surface area contributed by atoms with Crippen molar-refractivity contribution in [2.75, 3.05) is 43.4 Å². The fourth-order valence-corrected chi connectivity index (χ4v) is 3.44. The van der Waals surface area contributed by atoms with E-state index in [1.54, 1.807) is 0 Å². The molecule has 4 nitrogen and oxygen atoms in total. The van der Waals surface area contributed by atoms with E-state index in [9.17, 15) is 0 Å². The second-order valence-electron chi connectivity index (χ2n) is 6.39. The lowest BCUT2D eigenvalue weighted by atomic mass is 10.2. The van der Waals surface area contributed by atoms with Gasteiger partial charge in [0, 0.05) is 48.6 Å². The van der Waals surface area contributed by atoms with Crippen LogP contribution in [-0.4, -0.2) is 43.2 Å². The van der Waals surface area contributed by atoms with Crippen LogP contribution in [0.15, 0.2) is 46.9 Å². The number of nitrogens with one attached hydrogen (secondary N) is 2. The summed E-state index contributed by atoms with van der Waals surface area (Å²) >= 11 is 14.8. The Bertz CT molecular complexity index is 761. The minimum atomic E-state index is 0.575. The quantitative estimate of drug-likeness (QED) is 0.673. The van der Waals surface area contributed by atoms with E-state index >= 15 is 0 Å². The molecular weight excluding hydrogens is 432 g/mol. The number of hydrogen-bond donors (Lipinski definition) is 2. The van der Waals surface area contributed by atoms with Crippen LogP contribution in [0.1, 0.15) is 5.56 Å². The standard InChI is InChI=1S/C19H22BrClN4S/c1-24-8-10-25(11-9-24)16-5-2-14(3-6-16)13-22-19(26)23-15-4-7-17(20)18(21)12-15/h2-7,12H,8-11,13H2,1H3,(H2,22,23,26). The third-order valence-corrected chi connectivity index (χ3v) is 5.91. The zero-order chi connectivity index (χ0) is 18.5.